The molecule has 2 rings (SSSR count). The van der Waals surface area contributed by atoms with Gasteiger partial charge in [0.05, 0.1) is 11.4 Å². The molecule has 0 spiro atoms. The molecule has 0 atom stereocenters. The Morgan fingerprint density at radius 3 is 2.76 bits per heavy atom. The van der Waals surface area contributed by atoms with Crippen LogP contribution in [0.15, 0.2) is 6.20 Å². The average molecular weight is 238 g/mol. The predicted octanol–water partition coefficient (Wildman–Crippen LogP) is 0.175. The van der Waals surface area contributed by atoms with Crippen molar-refractivity contribution in [2.24, 2.45) is 12.8 Å². The second-order valence-corrected chi connectivity index (χ2v) is 4.52. The molecule has 1 aromatic heterocycles. The number of aromatic nitrogens is 2. The van der Waals surface area contributed by atoms with Crippen molar-refractivity contribution in [3.8, 4) is 0 Å². The molecular formula is C11H18N4O2. The average Bonchev–Trinajstić information content (AvgIpc) is 2.58. The number of aryl methyl sites for hydroxylation is 2. The minimum Gasteiger partial charge on any atom is -0.381 e. The molecule has 1 amide bonds. The lowest BCUT2D eigenvalue weighted by Crippen LogP contribution is -2.54. The van der Waals surface area contributed by atoms with Crippen LogP contribution >= 0.6 is 0 Å². The van der Waals surface area contributed by atoms with Crippen LogP contribution in [0.5, 0.6) is 0 Å². The highest BCUT2D eigenvalue weighted by Crippen LogP contribution is 2.21. The number of carbonyl (C=O) groups is 1. The molecule has 17 heavy (non-hydrogen) atoms. The molecule has 94 valence electrons. The molecule has 1 aromatic rings. The van der Waals surface area contributed by atoms with Crippen LogP contribution in [-0.4, -0.2) is 34.4 Å². The lowest BCUT2D eigenvalue weighted by Gasteiger charge is -2.31. The Morgan fingerprint density at radius 2 is 2.24 bits per heavy atom. The van der Waals surface area contributed by atoms with Crippen molar-refractivity contribution in [3.63, 3.8) is 0 Å². The molecule has 6 nitrogen and oxygen atoms in total. The molecule has 1 saturated heterocycles. The number of carbonyl (C=O) groups excluding carboxylic acids is 1. The van der Waals surface area contributed by atoms with Gasteiger partial charge in [-0.15, -0.1) is 0 Å². The van der Waals surface area contributed by atoms with Crippen LogP contribution in [0.1, 0.15) is 18.5 Å². The SMILES string of the molecule is Cc1nn(C)cc1NC(=O)C1(N)CCOCC1. The highest BCUT2D eigenvalue weighted by molar-refractivity contribution is 5.98. The number of ether oxygens (including phenoxy) is 1. The highest BCUT2D eigenvalue weighted by Gasteiger charge is 2.36. The summed E-state index contributed by atoms with van der Waals surface area (Å²) in [6.45, 7) is 2.93. The maximum absolute atomic E-state index is 12.1. The lowest BCUT2D eigenvalue weighted by molar-refractivity contribution is -0.124. The quantitative estimate of drug-likeness (QED) is 0.769. The summed E-state index contributed by atoms with van der Waals surface area (Å²) in [7, 11) is 1.81. The third kappa shape index (κ3) is 2.48. The van der Waals surface area contributed by atoms with E-state index in [2.05, 4.69) is 10.4 Å². The Bertz CT molecular complexity index is 421. The van der Waals surface area contributed by atoms with Crippen molar-refractivity contribution in [2.45, 2.75) is 25.3 Å². The van der Waals surface area contributed by atoms with Crippen molar-refractivity contribution < 1.29 is 9.53 Å². The minimum absolute atomic E-state index is 0.156. The van der Waals surface area contributed by atoms with E-state index in [1.54, 1.807) is 10.9 Å². The molecule has 1 aliphatic rings. The summed E-state index contributed by atoms with van der Waals surface area (Å²) in [6, 6.07) is 0. The second kappa shape index (κ2) is 4.46. The van der Waals surface area contributed by atoms with E-state index in [0.717, 1.165) is 5.69 Å². The summed E-state index contributed by atoms with van der Waals surface area (Å²) >= 11 is 0. The molecule has 0 radical (unpaired) electrons. The van der Waals surface area contributed by atoms with Gasteiger partial charge in [-0.05, 0) is 19.8 Å². The summed E-state index contributed by atoms with van der Waals surface area (Å²) in [5, 5.41) is 7.01. The third-order valence-corrected chi connectivity index (χ3v) is 3.10. The summed E-state index contributed by atoms with van der Waals surface area (Å²) < 4.78 is 6.88. The van der Waals surface area contributed by atoms with Gasteiger partial charge < -0.3 is 15.8 Å². The molecule has 0 aromatic carbocycles. The van der Waals surface area contributed by atoms with Crippen molar-refractivity contribution in [1.29, 1.82) is 0 Å². The fraction of sp³-hybridized carbons (Fsp3) is 0.636. The zero-order chi connectivity index (χ0) is 12.5. The van der Waals surface area contributed by atoms with Gasteiger partial charge in [-0.1, -0.05) is 0 Å². The van der Waals surface area contributed by atoms with Crippen molar-refractivity contribution in [2.75, 3.05) is 18.5 Å². The van der Waals surface area contributed by atoms with E-state index < -0.39 is 5.54 Å². The summed E-state index contributed by atoms with van der Waals surface area (Å²) in [6.07, 6.45) is 2.88. The molecule has 2 heterocycles. The lowest BCUT2D eigenvalue weighted by atomic mass is 9.90. The topological polar surface area (TPSA) is 82.2 Å². The number of nitrogens with zero attached hydrogens (tertiary/aromatic N) is 2. The van der Waals surface area contributed by atoms with Gasteiger partial charge in [-0.3, -0.25) is 9.48 Å². The summed E-state index contributed by atoms with van der Waals surface area (Å²) in [4.78, 5) is 12.1. The van der Waals surface area contributed by atoms with E-state index in [1.165, 1.54) is 0 Å². The maximum atomic E-state index is 12.1. The number of rotatable bonds is 2. The fourth-order valence-electron chi connectivity index (χ4n) is 1.93. The zero-order valence-electron chi connectivity index (χ0n) is 10.2. The number of nitrogens with one attached hydrogen (secondary N) is 1. The largest absolute Gasteiger partial charge is 0.381 e. The summed E-state index contributed by atoms with van der Waals surface area (Å²) in [5.41, 5.74) is 6.77. The number of anilines is 1. The molecule has 3 N–H and O–H groups in total. The number of amides is 1. The molecule has 0 unspecified atom stereocenters. The smallest absolute Gasteiger partial charge is 0.244 e. The van der Waals surface area contributed by atoms with Crippen LogP contribution in [0.2, 0.25) is 0 Å². The minimum atomic E-state index is -0.819. The second-order valence-electron chi connectivity index (χ2n) is 4.52. The molecule has 0 bridgehead atoms. The monoisotopic (exact) mass is 238 g/mol. The van der Waals surface area contributed by atoms with Gasteiger partial charge >= 0.3 is 0 Å². The first-order chi connectivity index (χ1) is 8.01. The fourth-order valence-corrected chi connectivity index (χ4v) is 1.93. The number of nitrogens with two attached hydrogens (primary N) is 1. The van der Waals surface area contributed by atoms with Crippen LogP contribution in [0, 0.1) is 6.92 Å². The molecular weight excluding hydrogens is 220 g/mol. The first-order valence-corrected chi connectivity index (χ1v) is 5.69. The zero-order valence-corrected chi connectivity index (χ0v) is 10.2. The van der Waals surface area contributed by atoms with Crippen LogP contribution in [-0.2, 0) is 16.6 Å². The highest BCUT2D eigenvalue weighted by atomic mass is 16.5. The van der Waals surface area contributed by atoms with Crippen LogP contribution < -0.4 is 11.1 Å². The van der Waals surface area contributed by atoms with Gasteiger partial charge in [0.25, 0.3) is 0 Å². The number of hydrogen-bond acceptors (Lipinski definition) is 4. The standard InChI is InChI=1S/C11H18N4O2/c1-8-9(7-15(2)14-8)13-10(16)11(12)3-5-17-6-4-11/h7H,3-6,12H2,1-2H3,(H,13,16). The first kappa shape index (κ1) is 12.1. The van der Waals surface area contributed by atoms with E-state index in [-0.39, 0.29) is 5.91 Å². The maximum Gasteiger partial charge on any atom is 0.244 e. The van der Waals surface area contributed by atoms with Crippen molar-refractivity contribution >= 4 is 11.6 Å². The van der Waals surface area contributed by atoms with Crippen molar-refractivity contribution in [1.82, 2.24) is 9.78 Å². The molecule has 0 saturated carbocycles. The Kier molecular flexibility index (Phi) is 3.17. The van der Waals surface area contributed by atoms with Gasteiger partial charge in [0, 0.05) is 26.5 Å². The normalized spacial score (nSPS) is 19.0. The van der Waals surface area contributed by atoms with Crippen LogP contribution in [0.25, 0.3) is 0 Å². The molecule has 0 aliphatic carbocycles. The van der Waals surface area contributed by atoms with Gasteiger partial charge in [-0.25, -0.2) is 0 Å². The first-order valence-electron chi connectivity index (χ1n) is 5.69. The Balaban J connectivity index is 2.08. The van der Waals surface area contributed by atoms with Gasteiger partial charge in [0.1, 0.15) is 5.54 Å². The molecule has 1 aliphatic heterocycles. The van der Waals surface area contributed by atoms with Gasteiger partial charge in [0.15, 0.2) is 0 Å². The third-order valence-electron chi connectivity index (χ3n) is 3.10. The van der Waals surface area contributed by atoms with E-state index >= 15 is 0 Å². The van der Waals surface area contributed by atoms with E-state index in [4.69, 9.17) is 10.5 Å². The predicted molar refractivity (Wildman–Crippen MR) is 63.5 cm³/mol. The summed E-state index contributed by atoms with van der Waals surface area (Å²) in [5.74, 6) is -0.156. The Hall–Kier alpha value is -1.40. The molecule has 6 heteroatoms. The van der Waals surface area contributed by atoms with E-state index in [0.29, 0.717) is 31.7 Å². The van der Waals surface area contributed by atoms with Crippen molar-refractivity contribution in [3.05, 3.63) is 11.9 Å². The van der Waals surface area contributed by atoms with Crippen LogP contribution in [0.4, 0.5) is 5.69 Å². The Labute approximate surface area is 100 Å². The Morgan fingerprint density at radius 1 is 1.59 bits per heavy atom. The van der Waals surface area contributed by atoms with E-state index in [1.807, 2.05) is 14.0 Å². The van der Waals surface area contributed by atoms with Gasteiger partial charge in [0.2, 0.25) is 5.91 Å². The van der Waals surface area contributed by atoms with Crippen LogP contribution in [0.3, 0.4) is 0 Å². The molecule has 1 fully saturated rings. The van der Waals surface area contributed by atoms with E-state index in [9.17, 15) is 4.79 Å². The number of hydrogen-bond donors (Lipinski definition) is 2. The van der Waals surface area contributed by atoms with Gasteiger partial charge in [-0.2, -0.15) is 5.10 Å².